The Balaban J connectivity index is 2.01. The summed E-state index contributed by atoms with van der Waals surface area (Å²) in [5.41, 5.74) is 0.569. The van der Waals surface area contributed by atoms with Crippen LogP contribution in [0.3, 0.4) is 0 Å². The first-order chi connectivity index (χ1) is 12.6. The molecule has 26 heavy (non-hydrogen) atoms. The number of halogens is 3. The number of rotatable bonds is 6. The van der Waals surface area contributed by atoms with E-state index in [1.807, 2.05) is 0 Å². The van der Waals surface area contributed by atoms with Crippen LogP contribution in [-0.2, 0) is 0 Å². The third-order valence-corrected chi connectivity index (χ3v) is 3.34. The molecule has 1 aromatic carbocycles. The molecule has 9 heteroatoms. The van der Waals surface area contributed by atoms with Crippen molar-refractivity contribution < 1.29 is 18.3 Å². The fourth-order valence-electron chi connectivity index (χ4n) is 2.21. The zero-order valence-electron chi connectivity index (χ0n) is 13.4. The number of pyridine rings is 1. The molecule has 2 aromatic heterocycles. The second-order valence-corrected chi connectivity index (χ2v) is 5.22. The Bertz CT molecular complexity index is 885. The zero-order chi connectivity index (χ0) is 18.5. The minimum atomic E-state index is -1.09. The van der Waals surface area contributed by atoms with Gasteiger partial charge >= 0.3 is 0 Å². The molecule has 0 aliphatic rings. The molecule has 0 aliphatic carbocycles. The minimum absolute atomic E-state index is 0.0868. The fraction of sp³-hybridized carbons (Fsp3) is 0.118. The predicted molar refractivity (Wildman–Crippen MR) is 90.4 cm³/mol. The number of hydrogen-bond donors (Lipinski definition) is 3. The van der Waals surface area contributed by atoms with Crippen molar-refractivity contribution in [2.24, 2.45) is 0 Å². The highest BCUT2D eigenvalue weighted by Crippen LogP contribution is 2.26. The van der Waals surface area contributed by atoms with Gasteiger partial charge in [-0.25, -0.2) is 18.2 Å². The summed E-state index contributed by atoms with van der Waals surface area (Å²) < 4.78 is 40.8. The summed E-state index contributed by atoms with van der Waals surface area (Å²) in [6.07, 6.45) is 3.17. The summed E-state index contributed by atoms with van der Waals surface area (Å²) in [6, 6.07) is 6.08. The Morgan fingerprint density at radius 3 is 2.46 bits per heavy atom. The van der Waals surface area contributed by atoms with Crippen LogP contribution < -0.4 is 10.6 Å². The normalized spacial score (nSPS) is 10.6. The first kappa shape index (κ1) is 17.6. The number of aliphatic hydroxyl groups excluding tert-OH is 1. The second-order valence-electron chi connectivity index (χ2n) is 5.22. The molecule has 2 heterocycles. The maximum Gasteiger partial charge on any atom is 0.225 e. The van der Waals surface area contributed by atoms with Gasteiger partial charge < -0.3 is 15.7 Å². The Hall–Kier alpha value is -3.20. The number of benzene rings is 1. The van der Waals surface area contributed by atoms with Crippen molar-refractivity contribution in [3.8, 4) is 11.3 Å². The van der Waals surface area contributed by atoms with E-state index >= 15 is 0 Å². The first-order valence-electron chi connectivity index (χ1n) is 7.62. The van der Waals surface area contributed by atoms with Gasteiger partial charge in [0.2, 0.25) is 5.95 Å². The van der Waals surface area contributed by atoms with Crippen molar-refractivity contribution in [1.29, 1.82) is 0 Å². The van der Waals surface area contributed by atoms with Crippen LogP contribution in [-0.4, -0.2) is 33.2 Å². The summed E-state index contributed by atoms with van der Waals surface area (Å²) in [5, 5.41) is 14.2. The summed E-state index contributed by atoms with van der Waals surface area (Å²) >= 11 is 0. The SMILES string of the molecule is OCCNc1nc(Nc2c(F)cc(F)cc2F)cc(-c2cccnc2)n1. The van der Waals surface area contributed by atoms with Crippen molar-refractivity contribution in [2.75, 3.05) is 23.8 Å². The standard InChI is InChI=1S/C17H14F3N5O/c18-11-6-12(19)16(13(20)7-11)24-15-8-14(10-2-1-3-21-9-10)23-17(25-15)22-4-5-26/h1-3,6-9,26H,4-5H2,(H2,22,23,24,25). The molecule has 0 saturated heterocycles. The topological polar surface area (TPSA) is 83.0 Å². The molecule has 0 bridgehead atoms. The summed E-state index contributed by atoms with van der Waals surface area (Å²) in [4.78, 5) is 12.4. The summed E-state index contributed by atoms with van der Waals surface area (Å²) in [6.45, 7) is 0.0413. The van der Waals surface area contributed by atoms with Crippen molar-refractivity contribution in [3.63, 3.8) is 0 Å². The molecular weight excluding hydrogens is 347 g/mol. The molecule has 0 unspecified atom stereocenters. The van der Waals surface area contributed by atoms with Gasteiger partial charge in [0.15, 0.2) is 11.6 Å². The molecule has 0 fully saturated rings. The second kappa shape index (κ2) is 7.79. The lowest BCUT2D eigenvalue weighted by Crippen LogP contribution is -2.10. The largest absolute Gasteiger partial charge is 0.395 e. The van der Waals surface area contributed by atoms with Gasteiger partial charge in [0.1, 0.15) is 17.3 Å². The van der Waals surface area contributed by atoms with Gasteiger partial charge in [-0.2, -0.15) is 4.98 Å². The third kappa shape index (κ3) is 4.06. The van der Waals surface area contributed by atoms with Gasteiger partial charge in [0.25, 0.3) is 0 Å². The number of aromatic nitrogens is 3. The van der Waals surface area contributed by atoms with Gasteiger partial charge in [-0.05, 0) is 12.1 Å². The lowest BCUT2D eigenvalue weighted by atomic mass is 10.2. The highest BCUT2D eigenvalue weighted by Gasteiger charge is 2.14. The van der Waals surface area contributed by atoms with Gasteiger partial charge in [0, 0.05) is 42.7 Å². The minimum Gasteiger partial charge on any atom is -0.395 e. The number of aliphatic hydroxyl groups is 1. The van der Waals surface area contributed by atoms with Crippen molar-refractivity contribution in [3.05, 3.63) is 60.2 Å². The summed E-state index contributed by atoms with van der Waals surface area (Å²) in [7, 11) is 0. The smallest absolute Gasteiger partial charge is 0.225 e. The van der Waals surface area contributed by atoms with Crippen molar-refractivity contribution in [1.82, 2.24) is 15.0 Å². The summed E-state index contributed by atoms with van der Waals surface area (Å²) in [5.74, 6) is -2.97. The van der Waals surface area contributed by atoms with Crippen LogP contribution in [0, 0.1) is 17.5 Å². The van der Waals surface area contributed by atoms with Gasteiger partial charge in [-0.1, -0.05) is 0 Å². The van der Waals surface area contributed by atoms with Crippen LogP contribution in [0.15, 0.2) is 42.7 Å². The van der Waals surface area contributed by atoms with E-state index in [1.54, 1.807) is 24.5 Å². The van der Waals surface area contributed by atoms with E-state index in [-0.39, 0.29) is 24.9 Å². The molecule has 0 radical (unpaired) electrons. The Kier molecular flexibility index (Phi) is 5.28. The number of nitrogens with one attached hydrogen (secondary N) is 2. The Labute approximate surface area is 146 Å². The molecule has 6 nitrogen and oxygen atoms in total. The molecule has 134 valence electrons. The molecule has 0 atom stereocenters. The van der Waals surface area contributed by atoms with Gasteiger partial charge in [0.05, 0.1) is 12.3 Å². The van der Waals surface area contributed by atoms with E-state index in [9.17, 15) is 13.2 Å². The highest BCUT2D eigenvalue weighted by atomic mass is 19.1. The average Bonchev–Trinajstić information content (AvgIpc) is 2.63. The maximum absolute atomic E-state index is 13.9. The number of hydrogen-bond acceptors (Lipinski definition) is 6. The molecule has 0 aliphatic heterocycles. The first-order valence-corrected chi connectivity index (χ1v) is 7.62. The highest BCUT2D eigenvalue weighted by molar-refractivity contribution is 5.67. The van der Waals surface area contributed by atoms with E-state index in [1.165, 1.54) is 6.07 Å². The third-order valence-electron chi connectivity index (χ3n) is 3.34. The Morgan fingerprint density at radius 2 is 1.81 bits per heavy atom. The van der Waals surface area contributed by atoms with Crippen LogP contribution in [0.2, 0.25) is 0 Å². The van der Waals surface area contributed by atoms with Gasteiger partial charge in [-0.15, -0.1) is 0 Å². The number of nitrogens with zero attached hydrogens (tertiary/aromatic N) is 3. The van der Waals surface area contributed by atoms with E-state index in [4.69, 9.17) is 5.11 Å². The quantitative estimate of drug-likeness (QED) is 0.626. The fourth-order valence-corrected chi connectivity index (χ4v) is 2.21. The Morgan fingerprint density at radius 1 is 1.04 bits per heavy atom. The van der Waals surface area contributed by atoms with Crippen LogP contribution in [0.4, 0.5) is 30.6 Å². The van der Waals surface area contributed by atoms with E-state index < -0.39 is 23.1 Å². The maximum atomic E-state index is 13.9. The van der Waals surface area contributed by atoms with E-state index in [0.717, 1.165) is 0 Å². The van der Waals surface area contributed by atoms with E-state index in [2.05, 4.69) is 25.6 Å². The lowest BCUT2D eigenvalue weighted by molar-refractivity contribution is 0.311. The van der Waals surface area contributed by atoms with Crippen molar-refractivity contribution >= 4 is 17.5 Å². The molecular formula is C17H14F3N5O. The van der Waals surface area contributed by atoms with Crippen LogP contribution in [0.5, 0.6) is 0 Å². The van der Waals surface area contributed by atoms with Crippen LogP contribution in [0.1, 0.15) is 0 Å². The van der Waals surface area contributed by atoms with Crippen LogP contribution >= 0.6 is 0 Å². The molecule has 0 saturated carbocycles. The van der Waals surface area contributed by atoms with Gasteiger partial charge in [-0.3, -0.25) is 4.98 Å². The van der Waals surface area contributed by atoms with Crippen molar-refractivity contribution in [2.45, 2.75) is 0 Å². The predicted octanol–water partition coefficient (Wildman–Crippen LogP) is 3.10. The van der Waals surface area contributed by atoms with Crippen LogP contribution in [0.25, 0.3) is 11.3 Å². The molecule has 3 rings (SSSR count). The number of anilines is 3. The molecule has 0 spiro atoms. The monoisotopic (exact) mass is 361 g/mol. The molecule has 0 amide bonds. The zero-order valence-corrected chi connectivity index (χ0v) is 13.4. The molecule has 3 N–H and O–H groups in total. The van der Waals surface area contributed by atoms with E-state index in [0.29, 0.717) is 23.4 Å². The lowest BCUT2D eigenvalue weighted by Gasteiger charge is -2.12. The molecule has 3 aromatic rings. The average molecular weight is 361 g/mol.